The van der Waals surface area contributed by atoms with Crippen molar-refractivity contribution >= 4 is 17.3 Å². The Bertz CT molecular complexity index is 1080. The van der Waals surface area contributed by atoms with Crippen molar-refractivity contribution in [2.75, 3.05) is 0 Å². The van der Waals surface area contributed by atoms with E-state index in [0.717, 1.165) is 24.0 Å². The lowest BCUT2D eigenvalue weighted by atomic mass is 9.65. The molecule has 0 spiro atoms. The zero-order chi connectivity index (χ0) is 18.5. The van der Waals surface area contributed by atoms with E-state index in [2.05, 4.69) is 9.97 Å². The van der Waals surface area contributed by atoms with Gasteiger partial charge in [-0.2, -0.15) is 0 Å². The molecular formula is C22H16N2O3. The van der Waals surface area contributed by atoms with Crippen LogP contribution in [0.15, 0.2) is 65.1 Å². The maximum Gasteiger partial charge on any atom is 0.209 e. The molecule has 0 radical (unpaired) electrons. The van der Waals surface area contributed by atoms with Gasteiger partial charge in [0.2, 0.25) is 5.78 Å². The zero-order valence-corrected chi connectivity index (χ0v) is 14.6. The Morgan fingerprint density at radius 3 is 2.56 bits per heavy atom. The SMILES string of the molecule is O=C1CCCC2=C1C(c1ccccc1)C1=C(C2)C(=O)c2cncnc2C1=O. The summed E-state index contributed by atoms with van der Waals surface area (Å²) < 4.78 is 0. The van der Waals surface area contributed by atoms with Crippen molar-refractivity contribution in [1.82, 2.24) is 9.97 Å². The highest BCUT2D eigenvalue weighted by Gasteiger charge is 2.44. The fourth-order valence-electron chi connectivity index (χ4n) is 4.52. The van der Waals surface area contributed by atoms with Crippen LogP contribution >= 0.6 is 0 Å². The van der Waals surface area contributed by atoms with Crippen molar-refractivity contribution in [3.8, 4) is 0 Å². The number of hydrogen-bond acceptors (Lipinski definition) is 5. The zero-order valence-electron chi connectivity index (χ0n) is 14.6. The summed E-state index contributed by atoms with van der Waals surface area (Å²) in [7, 11) is 0. The van der Waals surface area contributed by atoms with Crippen molar-refractivity contribution in [3.63, 3.8) is 0 Å². The summed E-state index contributed by atoms with van der Waals surface area (Å²) in [6, 6.07) is 9.52. The monoisotopic (exact) mass is 356 g/mol. The summed E-state index contributed by atoms with van der Waals surface area (Å²) in [5.41, 5.74) is 3.91. The van der Waals surface area contributed by atoms with Crippen molar-refractivity contribution in [1.29, 1.82) is 0 Å². The molecule has 0 fully saturated rings. The number of aromatic nitrogens is 2. The number of carbonyl (C=O) groups is 3. The molecule has 5 heteroatoms. The number of rotatable bonds is 1. The fourth-order valence-corrected chi connectivity index (χ4v) is 4.52. The normalized spacial score (nSPS) is 21.8. The van der Waals surface area contributed by atoms with Crippen LogP contribution in [0.4, 0.5) is 0 Å². The van der Waals surface area contributed by atoms with Crippen LogP contribution < -0.4 is 0 Å². The van der Waals surface area contributed by atoms with Gasteiger partial charge in [0.1, 0.15) is 12.0 Å². The van der Waals surface area contributed by atoms with Gasteiger partial charge in [-0.1, -0.05) is 35.9 Å². The Hall–Kier alpha value is -3.21. The highest BCUT2D eigenvalue weighted by atomic mass is 16.1. The van der Waals surface area contributed by atoms with Crippen molar-refractivity contribution in [2.24, 2.45) is 0 Å². The molecule has 0 saturated carbocycles. The van der Waals surface area contributed by atoms with Crippen molar-refractivity contribution < 1.29 is 14.4 Å². The van der Waals surface area contributed by atoms with Crippen LogP contribution in [0.25, 0.3) is 0 Å². The van der Waals surface area contributed by atoms with Gasteiger partial charge < -0.3 is 0 Å². The first-order valence-corrected chi connectivity index (χ1v) is 9.09. The van der Waals surface area contributed by atoms with E-state index in [0.29, 0.717) is 29.6 Å². The van der Waals surface area contributed by atoms with Gasteiger partial charge in [0, 0.05) is 35.3 Å². The highest BCUT2D eigenvalue weighted by molar-refractivity contribution is 6.28. The molecule has 0 saturated heterocycles. The van der Waals surface area contributed by atoms with Crippen LogP contribution in [-0.2, 0) is 4.79 Å². The predicted molar refractivity (Wildman–Crippen MR) is 97.4 cm³/mol. The Kier molecular flexibility index (Phi) is 3.50. The van der Waals surface area contributed by atoms with E-state index in [1.807, 2.05) is 30.3 Å². The molecule has 0 N–H and O–H groups in total. The van der Waals surface area contributed by atoms with E-state index in [4.69, 9.17) is 0 Å². The van der Waals surface area contributed by atoms with E-state index in [1.165, 1.54) is 12.5 Å². The molecule has 1 heterocycles. The number of carbonyl (C=O) groups excluding carboxylic acids is 3. The Morgan fingerprint density at radius 1 is 0.926 bits per heavy atom. The maximum atomic E-state index is 13.3. The second kappa shape index (κ2) is 5.91. The lowest BCUT2D eigenvalue weighted by Crippen LogP contribution is -2.33. The van der Waals surface area contributed by atoms with Crippen LogP contribution in [0.5, 0.6) is 0 Å². The van der Waals surface area contributed by atoms with Gasteiger partial charge in [-0.05, 0) is 24.8 Å². The van der Waals surface area contributed by atoms with Gasteiger partial charge in [-0.3, -0.25) is 14.4 Å². The Balaban J connectivity index is 1.77. The fraction of sp³-hybridized carbons (Fsp3) is 0.227. The number of fused-ring (bicyclic) bond motifs is 1. The molecule has 3 aliphatic rings. The third-order valence-electron chi connectivity index (χ3n) is 5.68. The predicted octanol–water partition coefficient (Wildman–Crippen LogP) is 3.39. The average molecular weight is 356 g/mol. The number of benzene rings is 1. The second-order valence-corrected chi connectivity index (χ2v) is 7.15. The van der Waals surface area contributed by atoms with Crippen molar-refractivity contribution in [3.05, 3.63) is 82.0 Å². The minimum absolute atomic E-state index is 0.0883. The molecule has 1 atom stereocenters. The largest absolute Gasteiger partial charge is 0.295 e. The van der Waals surface area contributed by atoms with Crippen LogP contribution in [0, 0.1) is 0 Å². The van der Waals surface area contributed by atoms with Gasteiger partial charge in [0.05, 0.1) is 5.56 Å². The van der Waals surface area contributed by atoms with E-state index >= 15 is 0 Å². The smallest absolute Gasteiger partial charge is 0.209 e. The summed E-state index contributed by atoms with van der Waals surface area (Å²) in [4.78, 5) is 47.3. The molecule has 1 unspecified atom stereocenters. The molecule has 3 aliphatic carbocycles. The first kappa shape index (κ1) is 16.0. The lowest BCUT2D eigenvalue weighted by molar-refractivity contribution is -0.116. The first-order chi connectivity index (χ1) is 13.2. The lowest BCUT2D eigenvalue weighted by Gasteiger charge is -2.35. The van der Waals surface area contributed by atoms with Gasteiger partial charge in [0.25, 0.3) is 0 Å². The summed E-state index contributed by atoms with van der Waals surface area (Å²) >= 11 is 0. The van der Waals surface area contributed by atoms with Gasteiger partial charge in [-0.25, -0.2) is 9.97 Å². The summed E-state index contributed by atoms with van der Waals surface area (Å²) in [5, 5.41) is 0. The van der Waals surface area contributed by atoms with Crippen LogP contribution in [0.3, 0.4) is 0 Å². The van der Waals surface area contributed by atoms with E-state index in [9.17, 15) is 14.4 Å². The van der Waals surface area contributed by atoms with Gasteiger partial charge in [-0.15, -0.1) is 0 Å². The second-order valence-electron chi connectivity index (χ2n) is 7.15. The van der Waals surface area contributed by atoms with Crippen LogP contribution in [0.1, 0.15) is 58.0 Å². The Labute approximate surface area is 155 Å². The number of Topliss-reactive ketones (excluding diaryl/α,β-unsaturated/α-hetero) is 3. The number of nitrogens with zero attached hydrogens (tertiary/aromatic N) is 2. The standard InChI is InChI=1S/C22H16N2O3/c25-16-8-4-7-13-9-14-19(18(17(13)16)12-5-2-1-3-6-12)22(27)20-15(21(14)26)10-23-11-24-20/h1-3,5-6,10-11,18H,4,7-9H2. The molecule has 1 aromatic heterocycles. The molecule has 27 heavy (non-hydrogen) atoms. The molecule has 0 bridgehead atoms. The highest BCUT2D eigenvalue weighted by Crippen LogP contribution is 2.48. The first-order valence-electron chi connectivity index (χ1n) is 9.09. The number of hydrogen-bond donors (Lipinski definition) is 0. The maximum absolute atomic E-state index is 13.3. The Morgan fingerprint density at radius 2 is 1.74 bits per heavy atom. The van der Waals surface area contributed by atoms with Crippen LogP contribution in [-0.4, -0.2) is 27.3 Å². The molecule has 0 aliphatic heterocycles. The topological polar surface area (TPSA) is 77.0 Å². The molecular weight excluding hydrogens is 340 g/mol. The summed E-state index contributed by atoms with van der Waals surface area (Å²) in [6.07, 6.45) is 5.15. The molecule has 5 rings (SSSR count). The third kappa shape index (κ3) is 2.28. The molecule has 2 aromatic rings. The molecule has 5 nitrogen and oxygen atoms in total. The minimum atomic E-state index is -0.489. The summed E-state index contributed by atoms with van der Waals surface area (Å²) in [5.74, 6) is -0.853. The van der Waals surface area contributed by atoms with E-state index < -0.39 is 5.92 Å². The molecule has 132 valence electrons. The minimum Gasteiger partial charge on any atom is -0.295 e. The molecule has 0 amide bonds. The van der Waals surface area contributed by atoms with E-state index in [-0.39, 0.29) is 28.6 Å². The molecule has 1 aromatic carbocycles. The quantitative estimate of drug-likeness (QED) is 0.783. The van der Waals surface area contributed by atoms with Gasteiger partial charge in [0.15, 0.2) is 11.6 Å². The number of ketones is 3. The summed E-state index contributed by atoms with van der Waals surface area (Å²) in [6.45, 7) is 0. The van der Waals surface area contributed by atoms with Crippen LogP contribution in [0.2, 0.25) is 0 Å². The number of allylic oxidation sites excluding steroid dienone is 4. The average Bonchev–Trinajstić information content (AvgIpc) is 2.71. The van der Waals surface area contributed by atoms with Crippen molar-refractivity contribution in [2.45, 2.75) is 31.6 Å². The van der Waals surface area contributed by atoms with Gasteiger partial charge >= 0.3 is 0 Å². The van der Waals surface area contributed by atoms with E-state index in [1.54, 1.807) is 0 Å². The third-order valence-corrected chi connectivity index (χ3v) is 5.68.